The molecule has 11 heteroatoms. The number of amides is 4. The SMILES string of the molecule is CCCCCC(=O)N[C@@H](CCC(=O)NCC(C)(C)COCC(C)(C)COC)C(=O)NCC(C)(C)COCC(C)(C)CNC(=O)CC. The lowest BCUT2D eigenvalue weighted by atomic mass is 9.92. The zero-order valence-corrected chi connectivity index (χ0v) is 31.0. The fourth-order valence-corrected chi connectivity index (χ4v) is 4.48. The van der Waals surface area contributed by atoms with Crippen molar-refractivity contribution in [1.29, 1.82) is 0 Å². The summed E-state index contributed by atoms with van der Waals surface area (Å²) in [6, 6.07) is -0.822. The average Bonchev–Trinajstić information content (AvgIpc) is 2.95. The van der Waals surface area contributed by atoms with Crippen molar-refractivity contribution in [2.24, 2.45) is 21.7 Å². The summed E-state index contributed by atoms with van der Waals surface area (Å²) in [5, 5.41) is 11.7. The van der Waals surface area contributed by atoms with Gasteiger partial charge in [0.15, 0.2) is 0 Å². The molecule has 0 aromatic rings. The van der Waals surface area contributed by atoms with Crippen LogP contribution in [0, 0.1) is 21.7 Å². The van der Waals surface area contributed by atoms with Crippen molar-refractivity contribution in [2.75, 3.05) is 59.8 Å². The molecule has 0 saturated heterocycles. The first kappa shape index (κ1) is 43.8. The van der Waals surface area contributed by atoms with Gasteiger partial charge in [0.2, 0.25) is 23.6 Å². The van der Waals surface area contributed by atoms with E-state index in [0.717, 1.165) is 19.3 Å². The monoisotopic (exact) mass is 657 g/mol. The molecule has 1 atom stereocenters. The number of carbonyl (C=O) groups excluding carboxylic acids is 4. The van der Waals surface area contributed by atoms with Gasteiger partial charge in [0.1, 0.15) is 6.04 Å². The maximum absolute atomic E-state index is 13.3. The Morgan fingerprint density at radius 2 is 1.07 bits per heavy atom. The number of ether oxygens (including phenoxy) is 3. The van der Waals surface area contributed by atoms with Crippen molar-refractivity contribution >= 4 is 23.6 Å². The molecule has 0 aliphatic carbocycles. The van der Waals surface area contributed by atoms with Crippen LogP contribution in [0.4, 0.5) is 0 Å². The van der Waals surface area contributed by atoms with Crippen LogP contribution in [0.1, 0.15) is 114 Å². The molecule has 0 aliphatic rings. The first-order valence-electron chi connectivity index (χ1n) is 17.0. The van der Waals surface area contributed by atoms with Gasteiger partial charge in [0.05, 0.1) is 33.0 Å². The van der Waals surface area contributed by atoms with E-state index in [1.807, 2.05) is 48.5 Å². The van der Waals surface area contributed by atoms with E-state index in [2.05, 4.69) is 42.0 Å². The van der Waals surface area contributed by atoms with Gasteiger partial charge in [-0.25, -0.2) is 0 Å². The van der Waals surface area contributed by atoms with E-state index < -0.39 is 6.04 Å². The number of nitrogens with one attached hydrogen (secondary N) is 4. The van der Waals surface area contributed by atoms with Crippen molar-refractivity contribution in [3.05, 3.63) is 0 Å². The topological polar surface area (TPSA) is 144 Å². The van der Waals surface area contributed by atoms with E-state index in [4.69, 9.17) is 14.2 Å². The third kappa shape index (κ3) is 22.3. The van der Waals surface area contributed by atoms with E-state index in [1.54, 1.807) is 7.11 Å². The van der Waals surface area contributed by atoms with E-state index in [0.29, 0.717) is 65.5 Å². The Hall–Kier alpha value is -2.24. The molecule has 0 saturated carbocycles. The molecule has 0 radical (unpaired) electrons. The first-order valence-corrected chi connectivity index (χ1v) is 17.0. The van der Waals surface area contributed by atoms with Crippen LogP contribution in [0.2, 0.25) is 0 Å². The van der Waals surface area contributed by atoms with Gasteiger partial charge in [-0.1, -0.05) is 82.1 Å². The summed E-state index contributed by atoms with van der Waals surface area (Å²) in [5.74, 6) is -0.687. The predicted molar refractivity (Wildman–Crippen MR) is 183 cm³/mol. The van der Waals surface area contributed by atoms with Crippen LogP contribution in [-0.2, 0) is 33.4 Å². The minimum Gasteiger partial charge on any atom is -0.384 e. The Labute approximate surface area is 279 Å². The molecule has 46 heavy (non-hydrogen) atoms. The summed E-state index contributed by atoms with van der Waals surface area (Å²) < 4.78 is 17.2. The van der Waals surface area contributed by atoms with Crippen molar-refractivity contribution in [2.45, 2.75) is 120 Å². The molecule has 0 unspecified atom stereocenters. The second-order valence-electron chi connectivity index (χ2n) is 15.8. The second-order valence-corrected chi connectivity index (χ2v) is 15.8. The average molecular weight is 657 g/mol. The molecular formula is C35H68N4O7. The molecule has 0 spiro atoms. The van der Waals surface area contributed by atoms with Gasteiger partial charge in [-0.3, -0.25) is 19.2 Å². The molecule has 11 nitrogen and oxygen atoms in total. The second kappa shape index (κ2) is 21.6. The Bertz CT molecular complexity index is 919. The van der Waals surface area contributed by atoms with E-state index in [9.17, 15) is 19.2 Å². The zero-order chi connectivity index (χ0) is 35.4. The highest BCUT2D eigenvalue weighted by Crippen LogP contribution is 2.21. The first-order chi connectivity index (χ1) is 21.3. The third-order valence-corrected chi connectivity index (χ3v) is 7.42. The maximum atomic E-state index is 13.3. The summed E-state index contributed by atoms with van der Waals surface area (Å²) in [7, 11) is 1.67. The fraction of sp³-hybridized carbons (Fsp3) is 0.886. The molecule has 0 fully saturated rings. The van der Waals surface area contributed by atoms with Crippen LogP contribution in [0.5, 0.6) is 0 Å². The van der Waals surface area contributed by atoms with Gasteiger partial charge in [0.25, 0.3) is 0 Å². The van der Waals surface area contributed by atoms with Crippen molar-refractivity contribution in [1.82, 2.24) is 21.3 Å². The molecule has 0 aliphatic heterocycles. The molecule has 4 amide bonds. The number of rotatable bonds is 26. The van der Waals surface area contributed by atoms with Gasteiger partial charge in [-0.15, -0.1) is 0 Å². The standard InChI is InChI=1S/C35H68N4O7/c1-12-14-15-16-30(42)39-27(17-18-29(41)37-20-33(5,6)24-46-26-35(9,10)22-44-11)31(43)38-21-34(7,8)25-45-23-32(3,4)19-36-28(40)13-2/h27H,12-26H2,1-11H3,(H,36,40)(H,37,41)(H,38,43)(H,39,42)/t27-/m0/s1. The lowest BCUT2D eigenvalue weighted by Crippen LogP contribution is -2.49. The van der Waals surface area contributed by atoms with Gasteiger partial charge in [0, 0.05) is 67.7 Å². The zero-order valence-electron chi connectivity index (χ0n) is 31.0. The summed E-state index contributed by atoms with van der Waals surface area (Å²) in [6.07, 6.45) is 3.75. The molecule has 0 aromatic heterocycles. The largest absolute Gasteiger partial charge is 0.384 e. The van der Waals surface area contributed by atoms with Crippen molar-refractivity contribution in [3.8, 4) is 0 Å². The fourth-order valence-electron chi connectivity index (χ4n) is 4.48. The van der Waals surface area contributed by atoms with Crippen LogP contribution < -0.4 is 21.3 Å². The normalized spacial score (nSPS) is 13.2. The van der Waals surface area contributed by atoms with Crippen LogP contribution >= 0.6 is 0 Å². The van der Waals surface area contributed by atoms with Crippen LogP contribution in [0.3, 0.4) is 0 Å². The van der Waals surface area contributed by atoms with Gasteiger partial charge < -0.3 is 35.5 Å². The Morgan fingerprint density at radius 1 is 0.587 bits per heavy atom. The highest BCUT2D eigenvalue weighted by atomic mass is 16.5. The lowest BCUT2D eigenvalue weighted by molar-refractivity contribution is -0.130. The molecule has 270 valence electrons. The molecule has 0 aromatic carbocycles. The smallest absolute Gasteiger partial charge is 0.242 e. The Morgan fingerprint density at radius 3 is 1.54 bits per heavy atom. The number of unbranched alkanes of at least 4 members (excludes halogenated alkanes) is 2. The molecule has 0 heterocycles. The van der Waals surface area contributed by atoms with Gasteiger partial charge in [-0.05, 0) is 12.8 Å². The van der Waals surface area contributed by atoms with Crippen molar-refractivity contribution in [3.63, 3.8) is 0 Å². The third-order valence-electron chi connectivity index (χ3n) is 7.42. The van der Waals surface area contributed by atoms with E-state index >= 15 is 0 Å². The van der Waals surface area contributed by atoms with E-state index in [-0.39, 0.29) is 58.1 Å². The number of carbonyl (C=O) groups is 4. The van der Waals surface area contributed by atoms with Gasteiger partial charge >= 0.3 is 0 Å². The highest BCUT2D eigenvalue weighted by molar-refractivity contribution is 5.88. The minimum absolute atomic E-state index is 0.00709. The predicted octanol–water partition coefficient (Wildman–Crippen LogP) is 4.37. The maximum Gasteiger partial charge on any atom is 0.242 e. The molecule has 0 rings (SSSR count). The van der Waals surface area contributed by atoms with Crippen LogP contribution in [-0.4, -0.2) is 89.4 Å². The molecule has 4 N–H and O–H groups in total. The lowest BCUT2D eigenvalue weighted by Gasteiger charge is -2.30. The van der Waals surface area contributed by atoms with Crippen molar-refractivity contribution < 1.29 is 33.4 Å². The highest BCUT2D eigenvalue weighted by Gasteiger charge is 2.28. The summed E-state index contributed by atoms with van der Waals surface area (Å²) >= 11 is 0. The van der Waals surface area contributed by atoms with Crippen LogP contribution in [0.15, 0.2) is 0 Å². The Balaban J connectivity index is 5.01. The summed E-state index contributed by atoms with van der Waals surface area (Å²) in [4.78, 5) is 50.3. The minimum atomic E-state index is -0.822. The number of hydrogen-bond acceptors (Lipinski definition) is 7. The van der Waals surface area contributed by atoms with Gasteiger partial charge in [-0.2, -0.15) is 0 Å². The molecule has 0 bridgehead atoms. The number of hydrogen-bond donors (Lipinski definition) is 4. The summed E-state index contributed by atoms with van der Waals surface area (Å²) in [6.45, 7) is 23.9. The molecular weight excluding hydrogens is 588 g/mol. The van der Waals surface area contributed by atoms with E-state index in [1.165, 1.54) is 0 Å². The Kier molecular flexibility index (Phi) is 20.5. The summed E-state index contributed by atoms with van der Waals surface area (Å²) in [5.41, 5.74) is -0.994. The number of methoxy groups -OCH3 is 1. The quantitative estimate of drug-likeness (QED) is 0.101. The van der Waals surface area contributed by atoms with Crippen LogP contribution in [0.25, 0.3) is 0 Å².